The molecule has 0 atom stereocenters. The molecule has 1 aromatic heterocycles. The van der Waals surface area contributed by atoms with Gasteiger partial charge in [-0.05, 0) is 25.0 Å². The van der Waals surface area contributed by atoms with Gasteiger partial charge in [-0.3, -0.25) is 4.79 Å². The summed E-state index contributed by atoms with van der Waals surface area (Å²) in [6.07, 6.45) is 1.69. The van der Waals surface area contributed by atoms with Crippen molar-refractivity contribution in [1.82, 2.24) is 15.5 Å². The van der Waals surface area contributed by atoms with Crippen LogP contribution in [-0.4, -0.2) is 42.5 Å². The number of hydrogen-bond acceptors (Lipinski definition) is 5. The van der Waals surface area contributed by atoms with Gasteiger partial charge >= 0.3 is 0 Å². The van der Waals surface area contributed by atoms with Gasteiger partial charge in [0.15, 0.2) is 0 Å². The lowest BCUT2D eigenvalue weighted by molar-refractivity contribution is 0.0697. The smallest absolute Gasteiger partial charge is 0.252 e. The summed E-state index contributed by atoms with van der Waals surface area (Å²) >= 11 is 0. The molecule has 1 aromatic carbocycles. The van der Waals surface area contributed by atoms with Crippen molar-refractivity contribution in [1.29, 1.82) is 0 Å². The molecule has 2 aromatic rings. The molecule has 3 rings (SSSR count). The van der Waals surface area contributed by atoms with Gasteiger partial charge in [-0.25, -0.2) is 0 Å². The zero-order chi connectivity index (χ0) is 16.1. The monoisotopic (exact) mass is 313 g/mol. The summed E-state index contributed by atoms with van der Waals surface area (Å²) in [5, 5.41) is 11.2. The Hall–Kier alpha value is -2.47. The van der Waals surface area contributed by atoms with E-state index < -0.39 is 0 Å². The van der Waals surface area contributed by atoms with Crippen LogP contribution in [0.15, 0.2) is 36.4 Å². The van der Waals surface area contributed by atoms with Crippen molar-refractivity contribution < 1.29 is 14.3 Å². The third kappa shape index (κ3) is 3.65. The van der Waals surface area contributed by atoms with Crippen molar-refractivity contribution in [3.63, 3.8) is 0 Å². The molecule has 0 bridgehead atoms. The number of carbonyl (C=O) groups is 1. The van der Waals surface area contributed by atoms with E-state index in [0.29, 0.717) is 30.4 Å². The van der Waals surface area contributed by atoms with E-state index in [0.717, 1.165) is 18.4 Å². The minimum Gasteiger partial charge on any atom is -0.480 e. The molecule has 6 nitrogen and oxygen atoms in total. The van der Waals surface area contributed by atoms with Crippen LogP contribution in [0.5, 0.6) is 5.88 Å². The highest BCUT2D eigenvalue weighted by Crippen LogP contribution is 2.22. The second-order valence-corrected chi connectivity index (χ2v) is 5.37. The largest absolute Gasteiger partial charge is 0.480 e. The zero-order valence-electron chi connectivity index (χ0n) is 13.0. The summed E-state index contributed by atoms with van der Waals surface area (Å²) in [7, 11) is 1.54. The predicted octanol–water partition coefficient (Wildman–Crippen LogP) is 2.06. The molecule has 0 unspecified atom stereocenters. The number of nitrogens with one attached hydrogen (secondary N) is 1. The fourth-order valence-corrected chi connectivity index (χ4v) is 2.58. The molecule has 1 aliphatic rings. The summed E-state index contributed by atoms with van der Waals surface area (Å²) in [6, 6.07) is 11.1. The van der Waals surface area contributed by atoms with Crippen molar-refractivity contribution in [3.05, 3.63) is 42.0 Å². The third-order valence-corrected chi connectivity index (χ3v) is 3.85. The molecule has 2 heterocycles. The van der Waals surface area contributed by atoms with Crippen molar-refractivity contribution >= 4 is 5.91 Å². The van der Waals surface area contributed by atoms with Crippen molar-refractivity contribution in [2.45, 2.75) is 18.9 Å². The number of aromatic nitrogens is 2. The van der Waals surface area contributed by atoms with Gasteiger partial charge in [-0.2, -0.15) is 0 Å². The molecule has 0 aliphatic carbocycles. The van der Waals surface area contributed by atoms with Gasteiger partial charge in [0.25, 0.3) is 5.91 Å². The summed E-state index contributed by atoms with van der Waals surface area (Å²) in [4.78, 5) is 12.6. The lowest BCUT2D eigenvalue weighted by Gasteiger charge is -2.23. The van der Waals surface area contributed by atoms with Gasteiger partial charge in [0.1, 0.15) is 0 Å². The Morgan fingerprint density at radius 1 is 1.17 bits per heavy atom. The van der Waals surface area contributed by atoms with Gasteiger partial charge in [-0.1, -0.05) is 18.2 Å². The van der Waals surface area contributed by atoms with Crippen LogP contribution >= 0.6 is 0 Å². The molecule has 0 spiro atoms. The highest BCUT2D eigenvalue weighted by molar-refractivity contribution is 6.00. The average Bonchev–Trinajstić information content (AvgIpc) is 2.62. The summed E-state index contributed by atoms with van der Waals surface area (Å²) in [5.74, 6) is 0.350. The summed E-state index contributed by atoms with van der Waals surface area (Å²) < 4.78 is 10.3. The first-order valence-corrected chi connectivity index (χ1v) is 7.63. The average molecular weight is 313 g/mol. The molecule has 1 amide bonds. The maximum atomic E-state index is 12.6. The van der Waals surface area contributed by atoms with E-state index in [4.69, 9.17) is 9.47 Å². The Balaban J connectivity index is 1.82. The van der Waals surface area contributed by atoms with Gasteiger partial charge < -0.3 is 14.8 Å². The number of methoxy groups -OCH3 is 1. The van der Waals surface area contributed by atoms with E-state index in [1.807, 2.05) is 18.2 Å². The molecule has 1 fully saturated rings. The van der Waals surface area contributed by atoms with Gasteiger partial charge in [0.2, 0.25) is 5.88 Å². The number of rotatable bonds is 4. The first-order valence-electron chi connectivity index (χ1n) is 7.63. The molecule has 23 heavy (non-hydrogen) atoms. The van der Waals surface area contributed by atoms with Crippen LogP contribution in [0.2, 0.25) is 0 Å². The van der Waals surface area contributed by atoms with Crippen LogP contribution in [0.4, 0.5) is 0 Å². The van der Waals surface area contributed by atoms with E-state index in [9.17, 15) is 4.79 Å². The lowest BCUT2D eigenvalue weighted by atomic mass is 10.0. The Morgan fingerprint density at radius 2 is 1.96 bits per heavy atom. The van der Waals surface area contributed by atoms with E-state index in [1.165, 1.54) is 0 Å². The molecule has 0 saturated carbocycles. The topological polar surface area (TPSA) is 73.3 Å². The third-order valence-electron chi connectivity index (χ3n) is 3.85. The van der Waals surface area contributed by atoms with Crippen LogP contribution in [0, 0.1) is 0 Å². The minimum absolute atomic E-state index is 0.0925. The molecular weight excluding hydrogens is 294 g/mol. The first-order chi connectivity index (χ1) is 11.3. The quantitative estimate of drug-likeness (QED) is 0.935. The standard InChI is InChI=1S/C17H19N3O3/c1-22-16-7-6-15(19-20-16)13-4-2-3-5-14(13)17(21)18-12-8-10-23-11-9-12/h2-7,12H,8-11H2,1H3,(H,18,21). The molecular formula is C17H19N3O3. The van der Waals surface area contributed by atoms with Crippen LogP contribution in [0.1, 0.15) is 23.2 Å². The first kappa shape index (κ1) is 15.4. The highest BCUT2D eigenvalue weighted by atomic mass is 16.5. The van der Waals surface area contributed by atoms with Crippen molar-refractivity contribution in [3.8, 4) is 17.1 Å². The second kappa shape index (κ2) is 7.19. The predicted molar refractivity (Wildman–Crippen MR) is 85.3 cm³/mol. The van der Waals surface area contributed by atoms with Crippen molar-refractivity contribution in [2.24, 2.45) is 0 Å². The Bertz CT molecular complexity index is 667. The number of nitrogens with zero attached hydrogens (tertiary/aromatic N) is 2. The molecule has 120 valence electrons. The number of ether oxygens (including phenoxy) is 2. The van der Waals surface area contributed by atoms with Gasteiger partial charge in [-0.15, -0.1) is 10.2 Å². The summed E-state index contributed by atoms with van der Waals surface area (Å²) in [5.41, 5.74) is 1.99. The fourth-order valence-electron chi connectivity index (χ4n) is 2.58. The maximum Gasteiger partial charge on any atom is 0.252 e. The molecule has 1 N–H and O–H groups in total. The Morgan fingerprint density at radius 3 is 2.65 bits per heavy atom. The second-order valence-electron chi connectivity index (χ2n) is 5.37. The normalized spacial score (nSPS) is 15.2. The van der Waals surface area contributed by atoms with Crippen LogP contribution < -0.4 is 10.1 Å². The number of amides is 1. The van der Waals surface area contributed by atoms with E-state index in [-0.39, 0.29) is 11.9 Å². The lowest BCUT2D eigenvalue weighted by Crippen LogP contribution is -2.39. The minimum atomic E-state index is -0.0925. The number of benzene rings is 1. The van der Waals surface area contributed by atoms with E-state index in [1.54, 1.807) is 25.3 Å². The molecule has 0 radical (unpaired) electrons. The summed E-state index contributed by atoms with van der Waals surface area (Å²) in [6.45, 7) is 1.38. The Kier molecular flexibility index (Phi) is 4.83. The molecule has 1 aliphatic heterocycles. The highest BCUT2D eigenvalue weighted by Gasteiger charge is 2.19. The molecule has 1 saturated heterocycles. The fraction of sp³-hybridized carbons (Fsp3) is 0.353. The van der Waals surface area contributed by atoms with Crippen LogP contribution in [0.3, 0.4) is 0 Å². The van der Waals surface area contributed by atoms with Gasteiger partial charge in [0.05, 0.1) is 12.8 Å². The Labute approximate surface area is 134 Å². The van der Waals surface area contributed by atoms with Crippen LogP contribution in [0.25, 0.3) is 11.3 Å². The van der Waals surface area contributed by atoms with E-state index in [2.05, 4.69) is 15.5 Å². The van der Waals surface area contributed by atoms with Gasteiger partial charge in [0, 0.05) is 36.4 Å². The maximum absolute atomic E-state index is 12.6. The molecule has 6 heteroatoms. The SMILES string of the molecule is COc1ccc(-c2ccccc2C(=O)NC2CCOCC2)nn1. The van der Waals surface area contributed by atoms with Crippen molar-refractivity contribution in [2.75, 3.05) is 20.3 Å². The van der Waals surface area contributed by atoms with E-state index >= 15 is 0 Å². The number of carbonyl (C=O) groups excluding carboxylic acids is 1. The number of hydrogen-bond donors (Lipinski definition) is 1. The van der Waals surface area contributed by atoms with Crippen LogP contribution in [-0.2, 0) is 4.74 Å². The zero-order valence-corrected chi connectivity index (χ0v) is 13.0.